The second-order valence-corrected chi connectivity index (χ2v) is 8.74. The summed E-state index contributed by atoms with van der Waals surface area (Å²) in [5, 5.41) is 14.0. The first-order chi connectivity index (χ1) is 9.70. The maximum Gasteiger partial charge on any atom is 0.342 e. The van der Waals surface area contributed by atoms with Crippen molar-refractivity contribution >= 4 is 33.4 Å². The molecule has 2 rings (SSSR count). The Labute approximate surface area is 127 Å². The van der Waals surface area contributed by atoms with Crippen LogP contribution in [-0.4, -0.2) is 46.5 Å². The van der Waals surface area contributed by atoms with E-state index in [1.165, 1.54) is 16.4 Å². The largest absolute Gasteiger partial charge is 0.477 e. The van der Waals surface area contributed by atoms with E-state index in [0.717, 1.165) is 12.2 Å². The van der Waals surface area contributed by atoms with Gasteiger partial charge in [-0.2, -0.15) is 5.10 Å². The molecule has 2 heterocycles. The van der Waals surface area contributed by atoms with Gasteiger partial charge in [0.05, 0.1) is 17.0 Å². The molecule has 0 saturated carbocycles. The predicted octanol–water partition coefficient (Wildman–Crippen LogP) is 1.20. The van der Waals surface area contributed by atoms with Crippen molar-refractivity contribution in [2.45, 2.75) is 37.3 Å². The third-order valence-corrected chi connectivity index (χ3v) is 6.60. The van der Waals surface area contributed by atoms with E-state index in [4.69, 9.17) is 5.73 Å². The van der Waals surface area contributed by atoms with Gasteiger partial charge in [-0.05, 0) is 25.5 Å². The van der Waals surface area contributed by atoms with Gasteiger partial charge in [0.25, 0.3) is 0 Å². The van der Waals surface area contributed by atoms with Crippen LogP contribution in [0.5, 0.6) is 0 Å². The number of rotatable bonds is 5. The Morgan fingerprint density at radius 1 is 1.57 bits per heavy atom. The Morgan fingerprint density at radius 2 is 2.24 bits per heavy atom. The Balaban J connectivity index is 2.48. The molecule has 7 nitrogen and oxygen atoms in total. The SMILES string of the molecule is CCCSc1nn(C2(C)CCS(=O)(=O)C2)c(N)c1C(=O)O. The van der Waals surface area contributed by atoms with Crippen molar-refractivity contribution in [3.05, 3.63) is 5.56 Å². The van der Waals surface area contributed by atoms with Crippen molar-refractivity contribution < 1.29 is 18.3 Å². The summed E-state index contributed by atoms with van der Waals surface area (Å²) < 4.78 is 24.8. The fourth-order valence-corrected chi connectivity index (χ4v) is 5.47. The smallest absolute Gasteiger partial charge is 0.342 e. The van der Waals surface area contributed by atoms with Gasteiger partial charge in [0.15, 0.2) is 9.84 Å². The number of nitrogens with zero attached hydrogens (tertiary/aromatic N) is 2. The number of hydrogen-bond acceptors (Lipinski definition) is 6. The van der Waals surface area contributed by atoms with E-state index in [1.54, 1.807) is 6.92 Å². The Hall–Kier alpha value is -1.22. The highest BCUT2D eigenvalue weighted by atomic mass is 32.2. The summed E-state index contributed by atoms with van der Waals surface area (Å²) >= 11 is 1.33. The number of anilines is 1. The number of aromatic carboxylic acids is 1. The standard InChI is InChI=1S/C12H19N3O4S2/c1-3-5-20-10-8(11(16)17)9(13)15(14-10)12(2)4-6-21(18,19)7-12/h3-7,13H2,1-2H3,(H,16,17). The number of aromatic nitrogens is 2. The van der Waals surface area contributed by atoms with Gasteiger partial charge in [-0.3, -0.25) is 0 Å². The van der Waals surface area contributed by atoms with Gasteiger partial charge in [-0.15, -0.1) is 11.8 Å². The Bertz CT molecular complexity index is 668. The van der Waals surface area contributed by atoms with Crippen LogP contribution < -0.4 is 5.73 Å². The summed E-state index contributed by atoms with van der Waals surface area (Å²) in [5.41, 5.74) is 5.13. The molecule has 1 saturated heterocycles. The minimum Gasteiger partial charge on any atom is -0.477 e. The van der Waals surface area contributed by atoms with Crippen LogP contribution in [-0.2, 0) is 15.4 Å². The molecule has 1 aliphatic rings. The van der Waals surface area contributed by atoms with Crippen molar-refractivity contribution in [2.24, 2.45) is 0 Å². The average Bonchev–Trinajstić information content (AvgIpc) is 2.85. The van der Waals surface area contributed by atoms with Gasteiger partial charge in [0.1, 0.15) is 16.4 Å². The molecule has 9 heteroatoms. The minimum atomic E-state index is -3.13. The van der Waals surface area contributed by atoms with Crippen molar-refractivity contribution in [1.29, 1.82) is 0 Å². The second kappa shape index (κ2) is 5.53. The highest BCUT2D eigenvalue weighted by Crippen LogP contribution is 2.36. The molecule has 118 valence electrons. The third kappa shape index (κ3) is 3.03. The lowest BCUT2D eigenvalue weighted by Crippen LogP contribution is -2.33. The number of carboxylic acid groups (broad SMARTS) is 1. The first kappa shape index (κ1) is 16.2. The molecule has 0 aromatic carbocycles. The molecule has 0 bridgehead atoms. The summed E-state index contributed by atoms with van der Waals surface area (Å²) in [7, 11) is -3.13. The van der Waals surface area contributed by atoms with Gasteiger partial charge in [-0.1, -0.05) is 6.92 Å². The van der Waals surface area contributed by atoms with Crippen LogP contribution in [0.3, 0.4) is 0 Å². The molecule has 0 spiro atoms. The molecule has 1 aliphatic heterocycles. The maximum atomic E-state index is 11.7. The van der Waals surface area contributed by atoms with Gasteiger partial charge >= 0.3 is 5.97 Å². The topological polar surface area (TPSA) is 115 Å². The summed E-state index contributed by atoms with van der Waals surface area (Å²) in [6, 6.07) is 0. The molecule has 0 aliphatic carbocycles. The fraction of sp³-hybridized carbons (Fsp3) is 0.667. The molecule has 1 aromatic rings. The number of thioether (sulfide) groups is 1. The average molecular weight is 333 g/mol. The van der Waals surface area contributed by atoms with Crippen LogP contribution in [0, 0.1) is 0 Å². The predicted molar refractivity (Wildman–Crippen MR) is 81.5 cm³/mol. The number of carbonyl (C=O) groups is 1. The quantitative estimate of drug-likeness (QED) is 0.778. The lowest BCUT2D eigenvalue weighted by molar-refractivity contribution is 0.0694. The number of sulfone groups is 1. The number of nitrogen functional groups attached to an aromatic ring is 1. The highest BCUT2D eigenvalue weighted by molar-refractivity contribution is 7.99. The Kier molecular flexibility index (Phi) is 4.25. The summed E-state index contributed by atoms with van der Waals surface area (Å²) in [6.07, 6.45) is 1.26. The van der Waals surface area contributed by atoms with E-state index < -0.39 is 21.3 Å². The van der Waals surface area contributed by atoms with E-state index in [1.807, 2.05) is 6.92 Å². The Morgan fingerprint density at radius 3 is 2.71 bits per heavy atom. The molecular formula is C12H19N3O4S2. The van der Waals surface area contributed by atoms with Crippen molar-refractivity contribution in [3.63, 3.8) is 0 Å². The number of carboxylic acids is 1. The van der Waals surface area contributed by atoms with E-state index in [0.29, 0.717) is 11.4 Å². The van der Waals surface area contributed by atoms with E-state index in [2.05, 4.69) is 5.10 Å². The molecule has 1 atom stereocenters. The van der Waals surface area contributed by atoms with Crippen molar-refractivity contribution in [3.8, 4) is 0 Å². The number of nitrogens with two attached hydrogens (primary N) is 1. The van der Waals surface area contributed by atoms with Gasteiger partial charge in [0, 0.05) is 0 Å². The van der Waals surface area contributed by atoms with Gasteiger partial charge < -0.3 is 10.8 Å². The molecule has 1 unspecified atom stereocenters. The van der Waals surface area contributed by atoms with E-state index >= 15 is 0 Å². The van der Waals surface area contributed by atoms with Crippen molar-refractivity contribution in [1.82, 2.24) is 9.78 Å². The second-order valence-electron chi connectivity index (χ2n) is 5.47. The molecule has 3 N–H and O–H groups in total. The summed E-state index contributed by atoms with van der Waals surface area (Å²) in [5.74, 6) is -0.375. The third-order valence-electron chi connectivity index (χ3n) is 3.54. The van der Waals surface area contributed by atoms with Crippen LogP contribution in [0.4, 0.5) is 5.82 Å². The lowest BCUT2D eigenvalue weighted by Gasteiger charge is -2.24. The van der Waals surface area contributed by atoms with E-state index in [-0.39, 0.29) is 22.9 Å². The van der Waals surface area contributed by atoms with Gasteiger partial charge in [-0.25, -0.2) is 17.9 Å². The van der Waals surface area contributed by atoms with Crippen LogP contribution in [0.25, 0.3) is 0 Å². The van der Waals surface area contributed by atoms with Crippen LogP contribution in [0.2, 0.25) is 0 Å². The zero-order chi connectivity index (χ0) is 15.8. The maximum absolute atomic E-state index is 11.7. The molecule has 21 heavy (non-hydrogen) atoms. The molecule has 1 aromatic heterocycles. The first-order valence-corrected chi connectivity index (χ1v) is 9.46. The van der Waals surface area contributed by atoms with Gasteiger partial charge in [0.2, 0.25) is 0 Å². The van der Waals surface area contributed by atoms with E-state index in [9.17, 15) is 18.3 Å². The molecular weight excluding hydrogens is 314 g/mol. The highest BCUT2D eigenvalue weighted by Gasteiger charge is 2.43. The van der Waals surface area contributed by atoms with Crippen LogP contribution in [0.15, 0.2) is 5.03 Å². The monoisotopic (exact) mass is 333 g/mol. The zero-order valence-corrected chi connectivity index (χ0v) is 13.6. The molecule has 1 fully saturated rings. The number of hydrogen-bond donors (Lipinski definition) is 2. The summed E-state index contributed by atoms with van der Waals surface area (Å²) in [6.45, 7) is 3.74. The summed E-state index contributed by atoms with van der Waals surface area (Å²) in [4.78, 5) is 11.4. The zero-order valence-electron chi connectivity index (χ0n) is 12.0. The molecule has 0 radical (unpaired) electrons. The lowest BCUT2D eigenvalue weighted by atomic mass is 10.0. The fourth-order valence-electron chi connectivity index (χ4n) is 2.48. The first-order valence-electron chi connectivity index (χ1n) is 6.65. The van der Waals surface area contributed by atoms with Crippen LogP contribution >= 0.6 is 11.8 Å². The van der Waals surface area contributed by atoms with Crippen LogP contribution in [0.1, 0.15) is 37.0 Å². The van der Waals surface area contributed by atoms with Crippen molar-refractivity contribution in [2.75, 3.05) is 23.0 Å². The molecule has 0 amide bonds. The minimum absolute atomic E-state index is 0.0284. The normalized spacial score (nSPS) is 24.3.